The van der Waals surface area contributed by atoms with Crippen LogP contribution in [0.1, 0.15) is 49.5 Å². The minimum atomic E-state index is -0.699. The molecule has 1 aliphatic rings. The van der Waals surface area contributed by atoms with Gasteiger partial charge in [0, 0.05) is 11.6 Å². The van der Waals surface area contributed by atoms with Crippen molar-refractivity contribution in [2.45, 2.75) is 43.6 Å². The summed E-state index contributed by atoms with van der Waals surface area (Å²) < 4.78 is 5.18. The molecule has 3 rings (SSSR count). The number of carbonyl (C=O) groups is 1. The molecular weight excluding hydrogens is 326 g/mol. The third kappa shape index (κ3) is 3.50. The molecule has 5 heteroatoms. The molecule has 0 bridgehead atoms. The van der Waals surface area contributed by atoms with E-state index in [4.69, 9.17) is 16.0 Å². The summed E-state index contributed by atoms with van der Waals surface area (Å²) in [6.45, 7) is 0.413. The number of rotatable bonds is 6. The number of hydrogen-bond acceptors (Lipinski definition) is 3. The molecule has 1 fully saturated rings. The predicted octanol–water partition coefficient (Wildman–Crippen LogP) is 3.98. The highest BCUT2D eigenvalue weighted by Crippen LogP contribution is 2.41. The lowest BCUT2D eigenvalue weighted by Crippen LogP contribution is -2.43. The number of aliphatic hydroxyl groups excluding tert-OH is 1. The molecule has 2 aromatic rings. The smallest absolute Gasteiger partial charge is 0.230 e. The van der Waals surface area contributed by atoms with Crippen LogP contribution >= 0.6 is 11.6 Å². The Balaban J connectivity index is 1.64. The van der Waals surface area contributed by atoms with Gasteiger partial charge in [-0.25, -0.2) is 0 Å². The Bertz CT molecular complexity index is 660. The van der Waals surface area contributed by atoms with Crippen LogP contribution in [0.25, 0.3) is 0 Å². The van der Waals surface area contributed by atoms with E-state index in [-0.39, 0.29) is 5.91 Å². The van der Waals surface area contributed by atoms with E-state index >= 15 is 0 Å². The van der Waals surface area contributed by atoms with Crippen molar-refractivity contribution in [2.24, 2.45) is 0 Å². The monoisotopic (exact) mass is 347 g/mol. The van der Waals surface area contributed by atoms with Crippen LogP contribution in [0.5, 0.6) is 0 Å². The lowest BCUT2D eigenvalue weighted by Gasteiger charge is -2.28. The fourth-order valence-corrected chi connectivity index (χ4v) is 3.64. The first-order valence-electron chi connectivity index (χ1n) is 8.38. The third-order valence-corrected chi connectivity index (χ3v) is 5.12. The highest BCUT2D eigenvalue weighted by atomic mass is 35.5. The van der Waals surface area contributed by atoms with Crippen molar-refractivity contribution in [3.05, 3.63) is 59.0 Å². The summed E-state index contributed by atoms with van der Waals surface area (Å²) >= 11 is 5.97. The predicted molar refractivity (Wildman–Crippen MR) is 92.9 cm³/mol. The molecule has 1 aromatic heterocycles. The maximum Gasteiger partial charge on any atom is 0.230 e. The number of halogens is 1. The Hall–Kier alpha value is -1.78. The number of nitrogens with one attached hydrogen (secondary N) is 1. The number of amides is 1. The summed E-state index contributed by atoms with van der Waals surface area (Å²) in [4.78, 5) is 12.9. The molecular formula is C19H22ClNO3. The van der Waals surface area contributed by atoms with Crippen LogP contribution in [0.4, 0.5) is 0 Å². The largest absolute Gasteiger partial charge is 0.467 e. The summed E-state index contributed by atoms with van der Waals surface area (Å²) in [5.74, 6) is 0.562. The zero-order chi connectivity index (χ0) is 17.0. The van der Waals surface area contributed by atoms with E-state index in [0.717, 1.165) is 31.2 Å². The van der Waals surface area contributed by atoms with Crippen molar-refractivity contribution in [2.75, 3.05) is 6.54 Å². The average molecular weight is 348 g/mol. The van der Waals surface area contributed by atoms with Gasteiger partial charge in [0.1, 0.15) is 11.9 Å². The number of aliphatic hydroxyl groups is 1. The fraction of sp³-hybridized carbons (Fsp3) is 0.421. The van der Waals surface area contributed by atoms with Gasteiger partial charge in [-0.1, -0.05) is 36.6 Å². The first kappa shape index (κ1) is 17.1. The lowest BCUT2D eigenvalue weighted by atomic mass is 9.78. The average Bonchev–Trinajstić information content (AvgIpc) is 3.28. The molecule has 0 spiro atoms. The highest BCUT2D eigenvalue weighted by molar-refractivity contribution is 6.30. The van der Waals surface area contributed by atoms with Gasteiger partial charge in [-0.3, -0.25) is 4.79 Å². The molecule has 4 nitrogen and oxygen atoms in total. The van der Waals surface area contributed by atoms with Crippen LogP contribution in [-0.2, 0) is 10.2 Å². The Morgan fingerprint density at radius 2 is 1.96 bits per heavy atom. The van der Waals surface area contributed by atoms with Crippen molar-refractivity contribution in [1.29, 1.82) is 0 Å². The molecule has 1 aliphatic carbocycles. The van der Waals surface area contributed by atoms with Gasteiger partial charge in [-0.15, -0.1) is 0 Å². The van der Waals surface area contributed by atoms with Gasteiger partial charge in [0.2, 0.25) is 5.91 Å². The highest BCUT2D eigenvalue weighted by Gasteiger charge is 2.42. The minimum Gasteiger partial charge on any atom is -0.467 e. The van der Waals surface area contributed by atoms with Crippen LogP contribution in [0.2, 0.25) is 5.02 Å². The molecule has 1 heterocycles. The second-order valence-electron chi connectivity index (χ2n) is 6.37. The molecule has 0 radical (unpaired) electrons. The van der Waals surface area contributed by atoms with E-state index in [1.807, 2.05) is 24.3 Å². The van der Waals surface area contributed by atoms with E-state index in [2.05, 4.69) is 5.32 Å². The van der Waals surface area contributed by atoms with Crippen LogP contribution in [0.15, 0.2) is 47.1 Å². The molecule has 1 atom stereocenters. The molecule has 24 heavy (non-hydrogen) atoms. The Labute approximate surface area is 146 Å². The lowest BCUT2D eigenvalue weighted by molar-refractivity contribution is -0.126. The number of furan rings is 1. The van der Waals surface area contributed by atoms with E-state index < -0.39 is 11.5 Å². The van der Waals surface area contributed by atoms with Crippen LogP contribution < -0.4 is 5.32 Å². The van der Waals surface area contributed by atoms with E-state index in [0.29, 0.717) is 23.7 Å². The van der Waals surface area contributed by atoms with Crippen molar-refractivity contribution >= 4 is 17.5 Å². The summed E-state index contributed by atoms with van der Waals surface area (Å²) in [6.07, 6.45) is 5.05. The number of carbonyl (C=O) groups excluding carboxylic acids is 1. The summed E-state index contributed by atoms with van der Waals surface area (Å²) in [7, 11) is 0. The van der Waals surface area contributed by atoms with Gasteiger partial charge < -0.3 is 14.8 Å². The second kappa shape index (κ2) is 7.41. The van der Waals surface area contributed by atoms with Crippen LogP contribution in [0, 0.1) is 0 Å². The zero-order valence-electron chi connectivity index (χ0n) is 13.5. The van der Waals surface area contributed by atoms with Crippen molar-refractivity contribution in [1.82, 2.24) is 5.32 Å². The number of hydrogen-bond donors (Lipinski definition) is 2. The van der Waals surface area contributed by atoms with Gasteiger partial charge >= 0.3 is 0 Å². The first-order chi connectivity index (χ1) is 11.6. The molecule has 128 valence electrons. The summed E-state index contributed by atoms with van der Waals surface area (Å²) in [6, 6.07) is 11.1. The number of benzene rings is 1. The summed E-state index contributed by atoms with van der Waals surface area (Å²) in [5, 5.41) is 13.7. The minimum absolute atomic E-state index is 0.0361. The zero-order valence-corrected chi connectivity index (χ0v) is 14.3. The quantitative estimate of drug-likeness (QED) is 0.830. The molecule has 2 N–H and O–H groups in total. The third-order valence-electron chi connectivity index (χ3n) is 4.86. The molecule has 0 unspecified atom stereocenters. The Morgan fingerprint density at radius 1 is 1.25 bits per heavy atom. The SMILES string of the molecule is O=C(NCC[C@@H](O)c1ccco1)C1(c2ccc(Cl)cc2)CCCC1. The van der Waals surface area contributed by atoms with Gasteiger partial charge in [0.25, 0.3) is 0 Å². The Kier molecular flexibility index (Phi) is 5.27. The van der Waals surface area contributed by atoms with E-state index in [1.165, 1.54) is 6.26 Å². The summed E-state index contributed by atoms with van der Waals surface area (Å²) in [5.41, 5.74) is 0.550. The molecule has 1 aromatic carbocycles. The Morgan fingerprint density at radius 3 is 2.58 bits per heavy atom. The van der Waals surface area contributed by atoms with Crippen LogP contribution in [0.3, 0.4) is 0 Å². The van der Waals surface area contributed by atoms with Gasteiger partial charge in [-0.05, 0) is 49.1 Å². The van der Waals surface area contributed by atoms with E-state index in [1.54, 1.807) is 12.1 Å². The topological polar surface area (TPSA) is 62.5 Å². The molecule has 0 aliphatic heterocycles. The van der Waals surface area contributed by atoms with E-state index in [9.17, 15) is 9.90 Å². The van der Waals surface area contributed by atoms with Crippen molar-refractivity contribution in [3.8, 4) is 0 Å². The molecule has 0 saturated heterocycles. The van der Waals surface area contributed by atoms with Crippen molar-refractivity contribution < 1.29 is 14.3 Å². The van der Waals surface area contributed by atoms with Gasteiger partial charge in [0.05, 0.1) is 11.7 Å². The molecule has 1 saturated carbocycles. The maximum atomic E-state index is 12.9. The van der Waals surface area contributed by atoms with Gasteiger partial charge in [-0.2, -0.15) is 0 Å². The molecule has 1 amide bonds. The second-order valence-corrected chi connectivity index (χ2v) is 6.81. The van der Waals surface area contributed by atoms with Gasteiger partial charge in [0.15, 0.2) is 0 Å². The normalized spacial score (nSPS) is 17.6. The van der Waals surface area contributed by atoms with Crippen molar-refractivity contribution in [3.63, 3.8) is 0 Å². The standard InChI is InChI=1S/C19H22ClNO3/c20-15-7-5-14(6-8-15)19(10-1-2-11-19)18(23)21-12-9-16(22)17-4-3-13-24-17/h3-8,13,16,22H,1-2,9-12H2,(H,21,23)/t16-/m1/s1. The van der Waals surface area contributed by atoms with Crippen LogP contribution in [-0.4, -0.2) is 17.6 Å². The maximum absolute atomic E-state index is 12.9. The first-order valence-corrected chi connectivity index (χ1v) is 8.75. The fourth-order valence-electron chi connectivity index (χ4n) is 3.51.